The third-order valence-corrected chi connectivity index (χ3v) is 3.81. The Bertz CT molecular complexity index is 590. The van der Waals surface area contributed by atoms with Crippen LogP contribution in [-0.2, 0) is 16.1 Å². The van der Waals surface area contributed by atoms with Crippen molar-refractivity contribution < 1.29 is 14.5 Å². The molecule has 1 heterocycles. The summed E-state index contributed by atoms with van der Waals surface area (Å²) >= 11 is 3.11. The second-order valence-electron chi connectivity index (χ2n) is 4.47. The van der Waals surface area contributed by atoms with Gasteiger partial charge in [0, 0.05) is 19.7 Å². The summed E-state index contributed by atoms with van der Waals surface area (Å²) in [6.45, 7) is 0.283. The molecule has 8 heteroatoms. The highest BCUT2D eigenvalue weighted by Gasteiger charge is 2.35. The number of halogens is 1. The molecule has 1 aliphatic rings. The normalized spacial score (nSPS) is 18.7. The van der Waals surface area contributed by atoms with Gasteiger partial charge in [0.25, 0.3) is 5.69 Å². The molecule has 20 heavy (non-hydrogen) atoms. The molecule has 1 aromatic rings. The smallest absolute Gasteiger partial charge is 0.283 e. The number of imide groups is 1. The molecule has 2 amide bonds. The van der Waals surface area contributed by atoms with E-state index in [2.05, 4.69) is 21.2 Å². The van der Waals surface area contributed by atoms with Crippen molar-refractivity contribution in [1.29, 1.82) is 0 Å². The molecule has 0 bridgehead atoms. The highest BCUT2D eigenvalue weighted by molar-refractivity contribution is 9.10. The van der Waals surface area contributed by atoms with E-state index in [1.165, 1.54) is 13.1 Å². The van der Waals surface area contributed by atoms with E-state index in [1.807, 2.05) is 0 Å². The number of carbonyl (C=O) groups is 2. The van der Waals surface area contributed by atoms with Crippen molar-refractivity contribution in [2.24, 2.45) is 0 Å². The largest absolute Gasteiger partial charge is 0.301 e. The summed E-state index contributed by atoms with van der Waals surface area (Å²) in [7, 11) is 1.44. The maximum Gasteiger partial charge on any atom is 0.283 e. The molecule has 0 radical (unpaired) electrons. The molecule has 0 saturated carbocycles. The van der Waals surface area contributed by atoms with E-state index >= 15 is 0 Å². The maximum atomic E-state index is 11.7. The molecule has 1 unspecified atom stereocenters. The number of nitro benzene ring substituents is 1. The van der Waals surface area contributed by atoms with Gasteiger partial charge in [0.05, 0.1) is 21.9 Å². The van der Waals surface area contributed by atoms with E-state index in [1.54, 1.807) is 12.1 Å². The third kappa shape index (κ3) is 2.86. The molecular formula is C12H12BrN3O4. The van der Waals surface area contributed by atoms with Crippen LogP contribution in [0, 0.1) is 10.1 Å². The number of benzene rings is 1. The Balaban J connectivity index is 2.05. The van der Waals surface area contributed by atoms with Crippen LogP contribution in [0.3, 0.4) is 0 Å². The molecule has 1 fully saturated rings. The summed E-state index contributed by atoms with van der Waals surface area (Å²) in [5, 5.41) is 13.8. The summed E-state index contributed by atoms with van der Waals surface area (Å²) in [4.78, 5) is 34.5. The van der Waals surface area contributed by atoms with Gasteiger partial charge in [0.2, 0.25) is 11.8 Å². The number of carbonyl (C=O) groups excluding carboxylic acids is 2. The summed E-state index contributed by atoms with van der Waals surface area (Å²) in [6.07, 6.45) is 0.119. The molecule has 1 aliphatic heterocycles. The number of likely N-dealkylation sites (N-methyl/N-ethyl adjacent to an activating group) is 1. The van der Waals surface area contributed by atoms with Gasteiger partial charge < -0.3 is 5.32 Å². The SMILES string of the molecule is CN1C(=O)CC(NCc2ccc(Br)c([N+](=O)[O-])c2)C1=O. The van der Waals surface area contributed by atoms with E-state index in [0.29, 0.717) is 10.0 Å². The first-order valence-corrected chi connectivity index (χ1v) is 6.66. The number of hydrogen-bond donors (Lipinski definition) is 1. The van der Waals surface area contributed by atoms with Gasteiger partial charge >= 0.3 is 0 Å². The number of amides is 2. The second kappa shape index (κ2) is 5.68. The lowest BCUT2D eigenvalue weighted by Crippen LogP contribution is -2.36. The van der Waals surface area contributed by atoms with Gasteiger partial charge in [0.1, 0.15) is 0 Å². The molecule has 0 aliphatic carbocycles. The van der Waals surface area contributed by atoms with Gasteiger partial charge in [-0.15, -0.1) is 0 Å². The van der Waals surface area contributed by atoms with Crippen molar-refractivity contribution in [3.63, 3.8) is 0 Å². The highest BCUT2D eigenvalue weighted by Crippen LogP contribution is 2.25. The number of nitrogens with zero attached hydrogens (tertiary/aromatic N) is 2. The lowest BCUT2D eigenvalue weighted by molar-refractivity contribution is -0.385. The molecule has 2 rings (SSSR count). The van der Waals surface area contributed by atoms with Crippen LogP contribution >= 0.6 is 15.9 Å². The lowest BCUT2D eigenvalue weighted by atomic mass is 10.1. The molecule has 0 spiro atoms. The van der Waals surface area contributed by atoms with Gasteiger partial charge in [-0.05, 0) is 27.6 Å². The summed E-state index contributed by atoms with van der Waals surface area (Å²) < 4.78 is 0.401. The standard InChI is InChI=1S/C12H12BrN3O4/c1-15-11(17)5-9(12(15)18)14-6-7-2-3-8(13)10(4-7)16(19)20/h2-4,9,14H,5-6H2,1H3. The van der Waals surface area contributed by atoms with E-state index < -0.39 is 11.0 Å². The van der Waals surface area contributed by atoms with E-state index in [0.717, 1.165) is 4.90 Å². The first-order chi connectivity index (χ1) is 9.40. The van der Waals surface area contributed by atoms with Gasteiger partial charge in [0.15, 0.2) is 0 Å². The minimum absolute atomic E-state index is 0.0322. The number of nitro groups is 1. The first-order valence-electron chi connectivity index (χ1n) is 5.86. The fraction of sp³-hybridized carbons (Fsp3) is 0.333. The zero-order chi connectivity index (χ0) is 14.9. The van der Waals surface area contributed by atoms with Crippen LogP contribution < -0.4 is 5.32 Å². The van der Waals surface area contributed by atoms with E-state index in [-0.39, 0.29) is 30.5 Å². The van der Waals surface area contributed by atoms with Crippen molar-refractivity contribution in [3.8, 4) is 0 Å². The summed E-state index contributed by atoms with van der Waals surface area (Å²) in [5.41, 5.74) is 0.643. The fourth-order valence-corrected chi connectivity index (χ4v) is 2.36. The van der Waals surface area contributed by atoms with Crippen molar-refractivity contribution in [2.45, 2.75) is 19.0 Å². The minimum Gasteiger partial charge on any atom is -0.301 e. The number of likely N-dealkylation sites (tertiary alicyclic amines) is 1. The summed E-state index contributed by atoms with van der Waals surface area (Å²) in [6, 6.07) is 4.18. The predicted molar refractivity (Wildman–Crippen MR) is 73.8 cm³/mol. The molecule has 1 saturated heterocycles. The number of hydrogen-bond acceptors (Lipinski definition) is 5. The Morgan fingerprint density at radius 2 is 2.20 bits per heavy atom. The number of rotatable bonds is 4. The molecule has 1 aromatic carbocycles. The van der Waals surface area contributed by atoms with Crippen molar-refractivity contribution in [1.82, 2.24) is 10.2 Å². The molecular weight excluding hydrogens is 330 g/mol. The summed E-state index contributed by atoms with van der Waals surface area (Å²) in [5.74, 6) is -0.504. The molecule has 1 N–H and O–H groups in total. The Hall–Kier alpha value is -1.80. The van der Waals surface area contributed by atoms with Crippen LogP contribution in [0.1, 0.15) is 12.0 Å². The third-order valence-electron chi connectivity index (χ3n) is 3.14. The van der Waals surface area contributed by atoms with Gasteiger partial charge in [-0.1, -0.05) is 6.07 Å². The highest BCUT2D eigenvalue weighted by atomic mass is 79.9. The monoisotopic (exact) mass is 341 g/mol. The van der Waals surface area contributed by atoms with Crippen LogP contribution in [0.5, 0.6) is 0 Å². The van der Waals surface area contributed by atoms with Crippen LogP contribution in [0.25, 0.3) is 0 Å². The van der Waals surface area contributed by atoms with Crippen LogP contribution in [0.15, 0.2) is 22.7 Å². The van der Waals surface area contributed by atoms with Crippen molar-refractivity contribution in [3.05, 3.63) is 38.3 Å². The topological polar surface area (TPSA) is 92.6 Å². The van der Waals surface area contributed by atoms with E-state index in [4.69, 9.17) is 0 Å². The Labute approximate surface area is 123 Å². The fourth-order valence-electron chi connectivity index (χ4n) is 1.96. The quantitative estimate of drug-likeness (QED) is 0.504. The predicted octanol–water partition coefficient (Wildman–Crippen LogP) is 1.20. The van der Waals surface area contributed by atoms with Crippen molar-refractivity contribution >= 4 is 33.4 Å². The van der Waals surface area contributed by atoms with Crippen LogP contribution in [0.2, 0.25) is 0 Å². The molecule has 106 valence electrons. The van der Waals surface area contributed by atoms with Crippen molar-refractivity contribution in [2.75, 3.05) is 7.05 Å². The minimum atomic E-state index is -0.560. The average Bonchev–Trinajstić information content (AvgIpc) is 2.65. The van der Waals surface area contributed by atoms with Crippen LogP contribution in [0.4, 0.5) is 5.69 Å². The molecule has 7 nitrogen and oxygen atoms in total. The first kappa shape index (κ1) is 14.6. The Morgan fingerprint density at radius 3 is 2.75 bits per heavy atom. The second-order valence-corrected chi connectivity index (χ2v) is 5.33. The average molecular weight is 342 g/mol. The zero-order valence-electron chi connectivity index (χ0n) is 10.6. The van der Waals surface area contributed by atoms with Crippen LogP contribution in [-0.4, -0.2) is 34.7 Å². The zero-order valence-corrected chi connectivity index (χ0v) is 12.2. The lowest BCUT2D eigenvalue weighted by Gasteiger charge is -2.11. The molecule has 1 atom stereocenters. The van der Waals surface area contributed by atoms with Gasteiger partial charge in [-0.25, -0.2) is 0 Å². The molecule has 0 aromatic heterocycles. The van der Waals surface area contributed by atoms with Gasteiger partial charge in [-0.3, -0.25) is 24.6 Å². The maximum absolute atomic E-state index is 11.7. The van der Waals surface area contributed by atoms with Gasteiger partial charge in [-0.2, -0.15) is 0 Å². The van der Waals surface area contributed by atoms with E-state index in [9.17, 15) is 19.7 Å². The Kier molecular flexibility index (Phi) is 4.15. The number of nitrogens with one attached hydrogen (secondary N) is 1. The Morgan fingerprint density at radius 1 is 1.50 bits per heavy atom.